The zero-order valence-electron chi connectivity index (χ0n) is 15.1. The maximum atomic E-state index is 12.5. The first kappa shape index (κ1) is 17.2. The van der Waals surface area contributed by atoms with Crippen molar-refractivity contribution in [1.29, 1.82) is 0 Å². The lowest BCUT2D eigenvalue weighted by molar-refractivity contribution is -0.0313. The monoisotopic (exact) mass is 359 g/mol. The molecule has 3 saturated heterocycles. The van der Waals surface area contributed by atoms with Crippen LogP contribution >= 0.6 is 0 Å². The molecule has 0 N–H and O–H groups in total. The summed E-state index contributed by atoms with van der Waals surface area (Å²) in [6.45, 7) is 3.95. The van der Waals surface area contributed by atoms with E-state index in [-0.39, 0.29) is 17.6 Å². The lowest BCUT2D eigenvalue weighted by Gasteiger charge is -2.44. The fourth-order valence-corrected chi connectivity index (χ4v) is 4.45. The molecule has 1 atom stereocenters. The molecule has 8 nitrogen and oxygen atoms in total. The van der Waals surface area contributed by atoms with Gasteiger partial charge in [-0.3, -0.25) is 14.7 Å². The molecular weight excluding hydrogens is 334 g/mol. The van der Waals surface area contributed by atoms with Crippen LogP contribution < -0.4 is 0 Å². The van der Waals surface area contributed by atoms with E-state index in [9.17, 15) is 9.59 Å². The SMILES string of the molecule is CN1CC2(CCCN(C3CCN(C(=O)c4cnccn4)CC3)C2)OC1=O. The summed E-state index contributed by atoms with van der Waals surface area (Å²) in [7, 11) is 1.80. The second-order valence-corrected chi connectivity index (χ2v) is 7.60. The largest absolute Gasteiger partial charge is 0.440 e. The number of nitrogens with zero attached hydrogens (tertiary/aromatic N) is 5. The molecule has 1 aromatic heterocycles. The Morgan fingerprint density at radius 1 is 1.23 bits per heavy atom. The third-order valence-electron chi connectivity index (χ3n) is 5.76. The van der Waals surface area contributed by atoms with Gasteiger partial charge >= 0.3 is 6.09 Å². The minimum atomic E-state index is -0.351. The number of aromatic nitrogens is 2. The average Bonchev–Trinajstić information content (AvgIpc) is 2.94. The van der Waals surface area contributed by atoms with Crippen LogP contribution in [0.1, 0.15) is 36.2 Å². The number of carbonyl (C=O) groups is 2. The second kappa shape index (κ2) is 6.83. The Hall–Kier alpha value is -2.22. The van der Waals surface area contributed by atoms with Gasteiger partial charge in [0.05, 0.1) is 12.7 Å². The molecule has 0 bridgehead atoms. The number of likely N-dealkylation sites (tertiary alicyclic amines) is 2. The Bertz CT molecular complexity index is 677. The van der Waals surface area contributed by atoms with Crippen molar-refractivity contribution >= 4 is 12.0 Å². The third-order valence-corrected chi connectivity index (χ3v) is 5.76. The molecule has 0 radical (unpaired) electrons. The van der Waals surface area contributed by atoms with E-state index in [0.29, 0.717) is 18.3 Å². The molecule has 1 aromatic rings. The maximum Gasteiger partial charge on any atom is 0.410 e. The van der Waals surface area contributed by atoms with Gasteiger partial charge in [0, 0.05) is 45.1 Å². The van der Waals surface area contributed by atoms with Crippen molar-refractivity contribution in [3.8, 4) is 0 Å². The van der Waals surface area contributed by atoms with E-state index in [1.54, 1.807) is 24.3 Å². The van der Waals surface area contributed by atoms with Gasteiger partial charge in [-0.25, -0.2) is 9.78 Å². The van der Waals surface area contributed by atoms with Crippen LogP contribution in [0.3, 0.4) is 0 Å². The van der Waals surface area contributed by atoms with Gasteiger partial charge in [-0.05, 0) is 32.2 Å². The smallest absolute Gasteiger partial charge is 0.410 e. The second-order valence-electron chi connectivity index (χ2n) is 7.60. The van der Waals surface area contributed by atoms with E-state index >= 15 is 0 Å². The number of hydrogen-bond acceptors (Lipinski definition) is 6. The summed E-state index contributed by atoms with van der Waals surface area (Å²) >= 11 is 0. The van der Waals surface area contributed by atoms with Gasteiger partial charge in [-0.15, -0.1) is 0 Å². The van der Waals surface area contributed by atoms with Crippen molar-refractivity contribution < 1.29 is 14.3 Å². The molecule has 2 amide bonds. The van der Waals surface area contributed by atoms with Gasteiger partial charge in [-0.2, -0.15) is 0 Å². The first-order valence-corrected chi connectivity index (χ1v) is 9.30. The van der Waals surface area contributed by atoms with Crippen molar-refractivity contribution in [2.75, 3.05) is 39.8 Å². The highest BCUT2D eigenvalue weighted by molar-refractivity contribution is 5.92. The molecule has 3 aliphatic rings. The Morgan fingerprint density at radius 3 is 2.69 bits per heavy atom. The lowest BCUT2D eigenvalue weighted by atomic mass is 9.90. The highest BCUT2D eigenvalue weighted by Gasteiger charge is 2.47. The first-order valence-electron chi connectivity index (χ1n) is 9.30. The van der Waals surface area contributed by atoms with Crippen LogP contribution in [0.2, 0.25) is 0 Å². The normalized spacial score (nSPS) is 27.8. The van der Waals surface area contributed by atoms with E-state index in [4.69, 9.17) is 4.74 Å². The standard InChI is InChI=1S/C18H25N5O3/c1-21-12-18(26-17(21)25)5-2-8-23(13-18)14-3-9-22(10-4-14)16(24)15-11-19-6-7-20-15/h6-7,11,14H,2-5,8-10,12-13H2,1H3. The number of ether oxygens (including phenoxy) is 1. The van der Waals surface area contributed by atoms with Crippen LogP contribution in [0.25, 0.3) is 0 Å². The minimum Gasteiger partial charge on any atom is -0.440 e. The van der Waals surface area contributed by atoms with Crippen molar-refractivity contribution in [2.45, 2.75) is 37.3 Å². The Balaban J connectivity index is 1.35. The molecule has 4 rings (SSSR count). The van der Waals surface area contributed by atoms with E-state index in [1.165, 1.54) is 6.20 Å². The molecule has 3 fully saturated rings. The highest BCUT2D eigenvalue weighted by Crippen LogP contribution is 2.33. The highest BCUT2D eigenvalue weighted by atomic mass is 16.6. The van der Waals surface area contributed by atoms with Crippen LogP contribution in [0.4, 0.5) is 4.79 Å². The van der Waals surface area contributed by atoms with Crippen LogP contribution in [0.15, 0.2) is 18.6 Å². The number of likely N-dealkylation sites (N-methyl/N-ethyl adjacent to an activating group) is 1. The molecule has 8 heteroatoms. The van der Waals surface area contributed by atoms with Gasteiger partial charge in [0.15, 0.2) is 0 Å². The Kier molecular flexibility index (Phi) is 4.52. The van der Waals surface area contributed by atoms with E-state index in [2.05, 4.69) is 14.9 Å². The summed E-state index contributed by atoms with van der Waals surface area (Å²) in [6.07, 6.45) is 8.28. The summed E-state index contributed by atoms with van der Waals surface area (Å²) < 4.78 is 5.71. The molecule has 0 aliphatic carbocycles. The van der Waals surface area contributed by atoms with Crippen molar-refractivity contribution in [2.24, 2.45) is 0 Å². The van der Waals surface area contributed by atoms with E-state index < -0.39 is 0 Å². The summed E-state index contributed by atoms with van der Waals surface area (Å²) in [5, 5.41) is 0. The predicted molar refractivity (Wildman–Crippen MR) is 93.6 cm³/mol. The molecule has 26 heavy (non-hydrogen) atoms. The molecule has 0 saturated carbocycles. The Morgan fingerprint density at radius 2 is 2.04 bits per heavy atom. The van der Waals surface area contributed by atoms with Gasteiger partial charge in [0.25, 0.3) is 5.91 Å². The molecule has 140 valence electrons. The molecule has 0 aromatic carbocycles. The minimum absolute atomic E-state index is 0.0435. The number of piperidine rings is 2. The fourth-order valence-electron chi connectivity index (χ4n) is 4.45. The van der Waals surface area contributed by atoms with Crippen LogP contribution in [-0.2, 0) is 4.74 Å². The van der Waals surface area contributed by atoms with Gasteiger partial charge in [0.2, 0.25) is 0 Å². The van der Waals surface area contributed by atoms with Gasteiger partial charge in [-0.1, -0.05) is 0 Å². The third kappa shape index (κ3) is 3.25. The number of hydrogen-bond donors (Lipinski definition) is 0. The van der Waals surface area contributed by atoms with Crippen LogP contribution in [0, 0.1) is 0 Å². The van der Waals surface area contributed by atoms with Crippen molar-refractivity contribution in [3.05, 3.63) is 24.3 Å². The topological polar surface area (TPSA) is 78.9 Å². The molecule has 1 spiro atoms. The van der Waals surface area contributed by atoms with E-state index in [0.717, 1.165) is 51.9 Å². The van der Waals surface area contributed by atoms with E-state index in [1.807, 2.05) is 4.90 Å². The average molecular weight is 359 g/mol. The van der Waals surface area contributed by atoms with Crippen molar-refractivity contribution in [1.82, 2.24) is 24.7 Å². The zero-order valence-corrected chi connectivity index (χ0v) is 15.1. The van der Waals surface area contributed by atoms with Gasteiger partial charge in [0.1, 0.15) is 11.3 Å². The van der Waals surface area contributed by atoms with Crippen molar-refractivity contribution in [3.63, 3.8) is 0 Å². The number of rotatable bonds is 2. The summed E-state index contributed by atoms with van der Waals surface area (Å²) in [5.74, 6) is -0.0435. The number of amides is 2. The predicted octanol–water partition coefficient (Wildman–Crippen LogP) is 0.998. The van der Waals surface area contributed by atoms with Crippen LogP contribution in [-0.4, -0.2) is 88.1 Å². The van der Waals surface area contributed by atoms with Crippen LogP contribution in [0.5, 0.6) is 0 Å². The maximum absolute atomic E-state index is 12.5. The summed E-state index contributed by atoms with van der Waals surface area (Å²) in [4.78, 5) is 38.4. The molecular formula is C18H25N5O3. The molecule has 3 aliphatic heterocycles. The quantitative estimate of drug-likeness (QED) is 0.784. The fraction of sp³-hybridized carbons (Fsp3) is 0.667. The zero-order chi connectivity index (χ0) is 18.1. The Labute approximate surface area is 153 Å². The first-order chi connectivity index (χ1) is 12.6. The van der Waals surface area contributed by atoms with Gasteiger partial charge < -0.3 is 14.5 Å². The molecule has 1 unspecified atom stereocenters. The number of carbonyl (C=O) groups excluding carboxylic acids is 2. The lowest BCUT2D eigenvalue weighted by Crippen LogP contribution is -2.56. The molecule has 4 heterocycles. The summed E-state index contributed by atoms with van der Waals surface area (Å²) in [5.41, 5.74) is 0.0557. The summed E-state index contributed by atoms with van der Waals surface area (Å²) in [6, 6.07) is 0.433.